The van der Waals surface area contributed by atoms with Crippen molar-refractivity contribution in [3.63, 3.8) is 0 Å². The standard InChI is InChI=1S/C13H14Cl2N4O2S/c1-19-11(17-18-13(19)22)6-16-12(21)5-10(20)7-2-8(14)4-9(15)3-7/h2-4,10,20H,5-6H2,1H3,(H,16,21)(H,18,22). The molecule has 1 amide bonds. The number of aromatic amines is 1. The minimum absolute atomic E-state index is 0.106. The van der Waals surface area contributed by atoms with E-state index in [1.165, 1.54) is 0 Å². The van der Waals surface area contributed by atoms with Crippen LogP contribution in [0.4, 0.5) is 0 Å². The van der Waals surface area contributed by atoms with Crippen molar-refractivity contribution in [1.29, 1.82) is 0 Å². The molecule has 3 N–H and O–H groups in total. The molecular weight excluding hydrogens is 347 g/mol. The lowest BCUT2D eigenvalue weighted by Gasteiger charge is -2.12. The van der Waals surface area contributed by atoms with Gasteiger partial charge >= 0.3 is 0 Å². The minimum Gasteiger partial charge on any atom is -0.388 e. The highest BCUT2D eigenvalue weighted by atomic mass is 35.5. The fourth-order valence-electron chi connectivity index (χ4n) is 1.85. The Morgan fingerprint density at radius 2 is 2.09 bits per heavy atom. The normalized spacial score (nSPS) is 12.2. The lowest BCUT2D eigenvalue weighted by atomic mass is 10.1. The van der Waals surface area contributed by atoms with Crippen LogP contribution < -0.4 is 5.32 Å². The first-order chi connectivity index (χ1) is 10.4. The van der Waals surface area contributed by atoms with E-state index in [0.29, 0.717) is 26.2 Å². The van der Waals surface area contributed by atoms with E-state index in [4.69, 9.17) is 35.4 Å². The van der Waals surface area contributed by atoms with Gasteiger partial charge in [0, 0.05) is 17.1 Å². The van der Waals surface area contributed by atoms with Gasteiger partial charge in [-0.05, 0) is 36.0 Å². The molecule has 1 unspecified atom stereocenters. The van der Waals surface area contributed by atoms with Crippen molar-refractivity contribution in [1.82, 2.24) is 20.1 Å². The maximum atomic E-state index is 11.9. The quantitative estimate of drug-likeness (QED) is 0.715. The lowest BCUT2D eigenvalue weighted by Crippen LogP contribution is -2.26. The number of aliphatic hydroxyl groups excluding tert-OH is 1. The summed E-state index contributed by atoms with van der Waals surface area (Å²) in [4.78, 5) is 11.9. The first-order valence-electron chi connectivity index (χ1n) is 6.38. The first-order valence-corrected chi connectivity index (χ1v) is 7.54. The first kappa shape index (κ1) is 17.0. The fraction of sp³-hybridized carbons (Fsp3) is 0.308. The second-order valence-electron chi connectivity index (χ2n) is 4.70. The molecule has 22 heavy (non-hydrogen) atoms. The van der Waals surface area contributed by atoms with Gasteiger partial charge in [-0.25, -0.2) is 0 Å². The summed E-state index contributed by atoms with van der Waals surface area (Å²) < 4.78 is 2.13. The molecule has 1 aromatic heterocycles. The minimum atomic E-state index is -0.987. The number of aromatic nitrogens is 3. The van der Waals surface area contributed by atoms with Crippen molar-refractivity contribution in [2.75, 3.05) is 0 Å². The Bertz CT molecular complexity index is 724. The molecular formula is C13H14Cl2N4O2S. The van der Waals surface area contributed by atoms with E-state index in [0.717, 1.165) is 0 Å². The van der Waals surface area contributed by atoms with Gasteiger partial charge < -0.3 is 15.0 Å². The van der Waals surface area contributed by atoms with Crippen molar-refractivity contribution >= 4 is 41.3 Å². The van der Waals surface area contributed by atoms with Crippen molar-refractivity contribution in [3.8, 4) is 0 Å². The molecule has 0 saturated carbocycles. The van der Waals surface area contributed by atoms with Gasteiger partial charge in [-0.2, -0.15) is 5.10 Å². The Morgan fingerprint density at radius 3 is 2.64 bits per heavy atom. The predicted molar refractivity (Wildman–Crippen MR) is 86.3 cm³/mol. The molecule has 0 aliphatic rings. The van der Waals surface area contributed by atoms with Crippen molar-refractivity contribution in [2.45, 2.75) is 19.1 Å². The van der Waals surface area contributed by atoms with Crippen LogP contribution in [0.25, 0.3) is 0 Å². The number of carbonyl (C=O) groups is 1. The number of hydrogen-bond donors (Lipinski definition) is 3. The van der Waals surface area contributed by atoms with Crippen LogP contribution in [0.5, 0.6) is 0 Å². The molecule has 2 aromatic rings. The molecule has 0 spiro atoms. The lowest BCUT2D eigenvalue weighted by molar-refractivity contribution is -0.123. The largest absolute Gasteiger partial charge is 0.388 e. The topological polar surface area (TPSA) is 82.9 Å². The van der Waals surface area contributed by atoms with Gasteiger partial charge in [-0.15, -0.1) is 0 Å². The molecule has 0 aliphatic heterocycles. The molecule has 9 heteroatoms. The van der Waals surface area contributed by atoms with Gasteiger partial charge in [0.15, 0.2) is 10.6 Å². The number of nitrogens with one attached hydrogen (secondary N) is 2. The number of rotatable bonds is 5. The second kappa shape index (κ2) is 7.23. The highest BCUT2D eigenvalue weighted by Gasteiger charge is 2.15. The molecule has 118 valence electrons. The van der Waals surface area contributed by atoms with Crippen LogP contribution in [0.2, 0.25) is 10.0 Å². The van der Waals surface area contributed by atoms with Crippen LogP contribution >= 0.6 is 35.4 Å². The monoisotopic (exact) mass is 360 g/mol. The number of amides is 1. The summed E-state index contributed by atoms with van der Waals surface area (Å²) in [5, 5.41) is 20.2. The predicted octanol–water partition coefficient (Wildman–Crippen LogP) is 2.52. The Morgan fingerprint density at radius 1 is 1.45 bits per heavy atom. The van der Waals surface area contributed by atoms with Gasteiger partial charge in [-0.1, -0.05) is 23.2 Å². The number of carbonyl (C=O) groups excluding carboxylic acids is 1. The average Bonchev–Trinajstić information content (AvgIpc) is 2.75. The molecule has 1 heterocycles. The van der Waals surface area contributed by atoms with Crippen LogP contribution in [0.15, 0.2) is 18.2 Å². The van der Waals surface area contributed by atoms with Gasteiger partial charge in [0.1, 0.15) is 0 Å². The number of nitrogens with zero attached hydrogens (tertiary/aromatic N) is 2. The molecule has 0 saturated heterocycles. The third-order valence-electron chi connectivity index (χ3n) is 3.06. The average molecular weight is 361 g/mol. The zero-order valence-electron chi connectivity index (χ0n) is 11.6. The summed E-state index contributed by atoms with van der Waals surface area (Å²) in [5.74, 6) is 0.274. The van der Waals surface area contributed by atoms with Gasteiger partial charge in [0.2, 0.25) is 5.91 Å². The maximum absolute atomic E-state index is 11.9. The smallest absolute Gasteiger partial charge is 0.223 e. The molecule has 0 bridgehead atoms. The van der Waals surface area contributed by atoms with E-state index in [-0.39, 0.29) is 18.9 Å². The molecule has 6 nitrogen and oxygen atoms in total. The second-order valence-corrected chi connectivity index (χ2v) is 5.96. The van der Waals surface area contributed by atoms with E-state index >= 15 is 0 Å². The molecule has 0 radical (unpaired) electrons. The van der Waals surface area contributed by atoms with Crippen molar-refractivity contribution < 1.29 is 9.90 Å². The summed E-state index contributed by atoms with van der Waals surface area (Å²) in [6, 6.07) is 4.70. The zero-order chi connectivity index (χ0) is 16.3. The van der Waals surface area contributed by atoms with Gasteiger partial charge in [-0.3, -0.25) is 9.89 Å². The highest BCUT2D eigenvalue weighted by molar-refractivity contribution is 7.71. The van der Waals surface area contributed by atoms with E-state index < -0.39 is 6.10 Å². The SMILES string of the molecule is Cn1c(CNC(=O)CC(O)c2cc(Cl)cc(Cl)c2)n[nH]c1=S. The number of H-pyrrole nitrogens is 1. The van der Waals surface area contributed by atoms with Gasteiger partial charge in [0.25, 0.3) is 0 Å². The third kappa shape index (κ3) is 4.30. The van der Waals surface area contributed by atoms with E-state index in [1.807, 2.05) is 0 Å². The van der Waals surface area contributed by atoms with Gasteiger partial charge in [0.05, 0.1) is 19.1 Å². The number of halogens is 2. The summed E-state index contributed by atoms with van der Waals surface area (Å²) in [6.45, 7) is 0.214. The summed E-state index contributed by atoms with van der Waals surface area (Å²) in [6.07, 6.45) is -1.09. The van der Waals surface area contributed by atoms with Crippen molar-refractivity contribution in [3.05, 3.63) is 44.4 Å². The molecule has 1 aromatic carbocycles. The summed E-state index contributed by atoms with van der Waals surface area (Å²) in [5.41, 5.74) is 0.491. The number of hydrogen-bond acceptors (Lipinski definition) is 4. The molecule has 2 rings (SSSR count). The maximum Gasteiger partial charge on any atom is 0.223 e. The van der Waals surface area contributed by atoms with Crippen molar-refractivity contribution in [2.24, 2.45) is 7.05 Å². The van der Waals surface area contributed by atoms with Crippen LogP contribution in [0.3, 0.4) is 0 Å². The molecule has 1 atom stereocenters. The highest BCUT2D eigenvalue weighted by Crippen LogP contribution is 2.25. The molecule has 0 fully saturated rings. The summed E-state index contributed by atoms with van der Waals surface area (Å²) >= 11 is 16.7. The van der Waals surface area contributed by atoms with Crippen LogP contribution in [0.1, 0.15) is 23.9 Å². The molecule has 0 aliphatic carbocycles. The van der Waals surface area contributed by atoms with E-state index in [2.05, 4.69) is 15.5 Å². The number of aliphatic hydroxyl groups is 1. The number of benzene rings is 1. The zero-order valence-corrected chi connectivity index (χ0v) is 14.0. The van der Waals surface area contributed by atoms with Crippen LogP contribution in [0, 0.1) is 4.77 Å². The van der Waals surface area contributed by atoms with Crippen LogP contribution in [-0.2, 0) is 18.4 Å². The Balaban J connectivity index is 1.94. The van der Waals surface area contributed by atoms with E-state index in [9.17, 15) is 9.90 Å². The van der Waals surface area contributed by atoms with Crippen LogP contribution in [-0.4, -0.2) is 25.8 Å². The third-order valence-corrected chi connectivity index (χ3v) is 3.87. The Hall–Kier alpha value is -1.41. The Kier molecular flexibility index (Phi) is 5.57. The Labute approximate surface area is 142 Å². The summed E-state index contributed by atoms with van der Waals surface area (Å²) in [7, 11) is 1.75. The van der Waals surface area contributed by atoms with E-state index in [1.54, 1.807) is 29.8 Å². The fourth-order valence-corrected chi connectivity index (χ4v) is 2.54.